The molecule has 2 amide bonds. The first-order chi connectivity index (χ1) is 9.40. The highest BCUT2D eigenvalue weighted by atomic mass is 16.4. The van der Waals surface area contributed by atoms with Crippen LogP contribution >= 0.6 is 0 Å². The molecule has 0 saturated carbocycles. The van der Waals surface area contributed by atoms with Gasteiger partial charge in [-0.15, -0.1) is 0 Å². The third-order valence-electron chi connectivity index (χ3n) is 3.00. The molecule has 0 atom stereocenters. The zero-order valence-corrected chi connectivity index (χ0v) is 11.9. The number of carbonyl (C=O) groups is 2. The molecule has 1 aromatic rings. The lowest BCUT2D eigenvalue weighted by Crippen LogP contribution is -2.32. The molecule has 5 heteroatoms. The van der Waals surface area contributed by atoms with Crippen LogP contribution in [0, 0.1) is 5.92 Å². The summed E-state index contributed by atoms with van der Waals surface area (Å²) in [5.74, 6) is -0.574. The molecule has 0 saturated heterocycles. The number of nitrogens with one attached hydrogen (secondary N) is 2. The Kier molecular flexibility index (Phi) is 5.77. The summed E-state index contributed by atoms with van der Waals surface area (Å²) in [6, 6.07) is 6.10. The van der Waals surface area contributed by atoms with E-state index in [0.717, 1.165) is 11.1 Å². The number of hydrogen-bond acceptors (Lipinski definition) is 2. The topological polar surface area (TPSA) is 78.4 Å². The lowest BCUT2D eigenvalue weighted by atomic mass is 10.1. The average Bonchev–Trinajstić information content (AvgIpc) is 2.42. The maximum Gasteiger partial charge on any atom is 0.335 e. The molecule has 0 radical (unpaired) electrons. The van der Waals surface area contributed by atoms with E-state index in [2.05, 4.69) is 24.5 Å². The minimum atomic E-state index is -0.962. The Balaban J connectivity index is 2.45. The van der Waals surface area contributed by atoms with Gasteiger partial charge in [-0.05, 0) is 30.5 Å². The first-order valence-electron chi connectivity index (χ1n) is 6.43. The van der Waals surface area contributed by atoms with E-state index < -0.39 is 5.97 Å². The molecule has 0 aliphatic carbocycles. The normalized spacial score (nSPS) is 11.3. The van der Waals surface area contributed by atoms with E-state index in [1.165, 1.54) is 12.1 Å². The average molecular weight is 276 g/mol. The van der Waals surface area contributed by atoms with Gasteiger partial charge in [0.1, 0.15) is 0 Å². The molecule has 5 nitrogen and oxygen atoms in total. The van der Waals surface area contributed by atoms with Gasteiger partial charge in [0.15, 0.2) is 0 Å². The van der Waals surface area contributed by atoms with Crippen LogP contribution in [-0.4, -0.2) is 17.1 Å². The molecule has 20 heavy (non-hydrogen) atoms. The fourth-order valence-corrected chi connectivity index (χ4v) is 1.34. The molecule has 0 aliphatic rings. The Morgan fingerprint density at radius 1 is 1.25 bits per heavy atom. The summed E-state index contributed by atoms with van der Waals surface area (Å²) < 4.78 is 0. The molecule has 0 unspecified atom stereocenters. The molecule has 0 heterocycles. The van der Waals surface area contributed by atoms with Gasteiger partial charge in [0.05, 0.1) is 5.56 Å². The van der Waals surface area contributed by atoms with Crippen molar-refractivity contribution in [3.05, 3.63) is 47.2 Å². The lowest BCUT2D eigenvalue weighted by Gasteiger charge is -2.08. The van der Waals surface area contributed by atoms with Crippen LogP contribution in [0.25, 0.3) is 0 Å². The van der Waals surface area contributed by atoms with Crippen molar-refractivity contribution in [2.45, 2.75) is 27.3 Å². The highest BCUT2D eigenvalue weighted by Gasteiger charge is 2.03. The molecular formula is C15H20N2O3. The van der Waals surface area contributed by atoms with E-state index in [0.29, 0.717) is 12.5 Å². The van der Waals surface area contributed by atoms with Gasteiger partial charge in [-0.1, -0.05) is 31.6 Å². The summed E-state index contributed by atoms with van der Waals surface area (Å²) in [6.45, 7) is 6.40. The van der Waals surface area contributed by atoms with E-state index in [9.17, 15) is 9.59 Å². The van der Waals surface area contributed by atoms with Gasteiger partial charge in [-0.25, -0.2) is 9.59 Å². The molecule has 1 rings (SSSR count). The fraction of sp³-hybridized carbons (Fsp3) is 0.333. The number of amides is 2. The number of carboxylic acids is 1. The number of rotatable bonds is 5. The molecule has 3 N–H and O–H groups in total. The summed E-state index contributed by atoms with van der Waals surface area (Å²) in [6.07, 6.45) is 1.69. The van der Waals surface area contributed by atoms with E-state index in [1.54, 1.807) is 18.3 Å². The maximum atomic E-state index is 11.6. The number of carbonyl (C=O) groups excluding carboxylic acids is 1. The van der Waals surface area contributed by atoms with Gasteiger partial charge in [-0.2, -0.15) is 0 Å². The van der Waals surface area contributed by atoms with Gasteiger partial charge in [0.2, 0.25) is 0 Å². The summed E-state index contributed by atoms with van der Waals surface area (Å²) in [4.78, 5) is 22.3. The predicted molar refractivity (Wildman–Crippen MR) is 77.4 cm³/mol. The van der Waals surface area contributed by atoms with Crippen LogP contribution in [0.4, 0.5) is 4.79 Å². The molecule has 108 valence electrons. The summed E-state index contributed by atoms with van der Waals surface area (Å²) in [7, 11) is 0. The Morgan fingerprint density at radius 3 is 2.35 bits per heavy atom. The van der Waals surface area contributed by atoms with Crippen molar-refractivity contribution < 1.29 is 14.7 Å². The van der Waals surface area contributed by atoms with Crippen LogP contribution in [0.15, 0.2) is 36.0 Å². The van der Waals surface area contributed by atoms with Crippen LogP contribution in [-0.2, 0) is 6.54 Å². The summed E-state index contributed by atoms with van der Waals surface area (Å²) in [5.41, 5.74) is 2.16. The lowest BCUT2D eigenvalue weighted by molar-refractivity contribution is 0.0697. The van der Waals surface area contributed by atoms with E-state index in [1.807, 2.05) is 6.92 Å². The predicted octanol–water partition coefficient (Wildman–Crippen LogP) is 2.74. The zero-order valence-electron chi connectivity index (χ0n) is 11.9. The minimum absolute atomic E-state index is 0.230. The van der Waals surface area contributed by atoms with Gasteiger partial charge >= 0.3 is 12.0 Å². The molecular weight excluding hydrogens is 256 g/mol. The molecule has 1 aromatic carbocycles. The fourth-order valence-electron chi connectivity index (χ4n) is 1.34. The molecule has 0 spiro atoms. The number of carboxylic acid groups (broad SMARTS) is 1. The SMILES string of the molecule is C/C(=C\NC(=O)NCc1ccc(C(=O)O)cc1)C(C)C. The van der Waals surface area contributed by atoms with Crippen LogP contribution in [0.2, 0.25) is 0 Å². The van der Waals surface area contributed by atoms with E-state index in [-0.39, 0.29) is 11.6 Å². The van der Waals surface area contributed by atoms with Gasteiger partial charge < -0.3 is 15.7 Å². The van der Waals surface area contributed by atoms with Crippen molar-refractivity contribution in [2.75, 3.05) is 0 Å². The van der Waals surface area contributed by atoms with E-state index in [4.69, 9.17) is 5.11 Å². The first-order valence-corrected chi connectivity index (χ1v) is 6.43. The van der Waals surface area contributed by atoms with E-state index >= 15 is 0 Å². The molecule has 0 aromatic heterocycles. The quantitative estimate of drug-likeness (QED) is 0.773. The highest BCUT2D eigenvalue weighted by molar-refractivity contribution is 5.87. The molecule has 0 fully saturated rings. The standard InChI is InChI=1S/C15H20N2O3/c1-10(2)11(3)8-16-15(20)17-9-12-4-6-13(7-5-12)14(18)19/h4-8,10H,9H2,1-3H3,(H,18,19)(H2,16,17,20)/b11-8+. The van der Waals surface area contributed by atoms with Gasteiger partial charge in [0, 0.05) is 12.7 Å². The van der Waals surface area contributed by atoms with Gasteiger partial charge in [-0.3, -0.25) is 0 Å². The molecule has 0 aliphatic heterocycles. The first kappa shape index (κ1) is 15.8. The van der Waals surface area contributed by atoms with Crippen molar-refractivity contribution in [2.24, 2.45) is 5.92 Å². The Bertz CT molecular complexity index is 504. The smallest absolute Gasteiger partial charge is 0.335 e. The van der Waals surface area contributed by atoms with Crippen molar-refractivity contribution >= 4 is 12.0 Å². The second kappa shape index (κ2) is 7.33. The Morgan fingerprint density at radius 2 is 1.85 bits per heavy atom. The third kappa shape index (κ3) is 5.14. The number of urea groups is 1. The second-order valence-corrected chi connectivity index (χ2v) is 4.87. The number of allylic oxidation sites excluding steroid dienone is 1. The molecule has 0 bridgehead atoms. The van der Waals surface area contributed by atoms with Crippen LogP contribution in [0.3, 0.4) is 0 Å². The van der Waals surface area contributed by atoms with Crippen molar-refractivity contribution in [1.82, 2.24) is 10.6 Å². The van der Waals surface area contributed by atoms with Crippen molar-refractivity contribution in [1.29, 1.82) is 0 Å². The third-order valence-corrected chi connectivity index (χ3v) is 3.00. The zero-order chi connectivity index (χ0) is 15.1. The number of benzene rings is 1. The highest BCUT2D eigenvalue weighted by Crippen LogP contribution is 2.06. The summed E-state index contributed by atoms with van der Waals surface area (Å²) in [5, 5.41) is 14.1. The van der Waals surface area contributed by atoms with Crippen LogP contribution in [0.5, 0.6) is 0 Å². The van der Waals surface area contributed by atoms with Crippen LogP contribution < -0.4 is 10.6 Å². The number of hydrogen-bond donors (Lipinski definition) is 3. The minimum Gasteiger partial charge on any atom is -0.478 e. The summed E-state index contributed by atoms with van der Waals surface area (Å²) >= 11 is 0. The largest absolute Gasteiger partial charge is 0.478 e. The van der Waals surface area contributed by atoms with Gasteiger partial charge in [0.25, 0.3) is 0 Å². The van der Waals surface area contributed by atoms with Crippen molar-refractivity contribution in [3.63, 3.8) is 0 Å². The Labute approximate surface area is 118 Å². The monoisotopic (exact) mass is 276 g/mol. The Hall–Kier alpha value is -2.30. The maximum absolute atomic E-state index is 11.6. The van der Waals surface area contributed by atoms with Crippen LogP contribution in [0.1, 0.15) is 36.7 Å². The second-order valence-electron chi connectivity index (χ2n) is 4.87. The van der Waals surface area contributed by atoms with Crippen molar-refractivity contribution in [3.8, 4) is 0 Å². The number of aromatic carboxylic acids is 1.